The molecular formula is C11H13N3S2. The maximum Gasteiger partial charge on any atom is 0.203 e. The summed E-state index contributed by atoms with van der Waals surface area (Å²) < 4.78 is 4.20. The molecule has 0 radical (unpaired) electrons. The Kier molecular flexibility index (Phi) is 2.65. The van der Waals surface area contributed by atoms with Gasteiger partial charge in [0.25, 0.3) is 0 Å². The van der Waals surface area contributed by atoms with Crippen LogP contribution in [0.2, 0.25) is 0 Å². The third-order valence-corrected chi connectivity index (χ3v) is 4.61. The number of anilines is 1. The highest BCUT2D eigenvalue weighted by Crippen LogP contribution is 2.35. The summed E-state index contributed by atoms with van der Waals surface area (Å²) in [6.45, 7) is 1.93. The van der Waals surface area contributed by atoms with Crippen molar-refractivity contribution >= 4 is 28.0 Å². The van der Waals surface area contributed by atoms with Crippen LogP contribution in [0.15, 0.2) is 11.4 Å². The molecule has 0 fully saturated rings. The zero-order chi connectivity index (χ0) is 11.0. The van der Waals surface area contributed by atoms with Crippen molar-refractivity contribution in [3.05, 3.63) is 27.7 Å². The molecule has 2 heterocycles. The molecule has 0 aliphatic heterocycles. The van der Waals surface area contributed by atoms with Gasteiger partial charge in [-0.1, -0.05) is 0 Å². The summed E-state index contributed by atoms with van der Waals surface area (Å²) in [5.74, 6) is 0.855. The van der Waals surface area contributed by atoms with Crippen LogP contribution in [0.3, 0.4) is 0 Å². The van der Waals surface area contributed by atoms with Gasteiger partial charge in [0, 0.05) is 16.4 Å². The molecule has 0 spiro atoms. The molecule has 0 saturated heterocycles. The van der Waals surface area contributed by atoms with Gasteiger partial charge in [-0.25, -0.2) is 4.98 Å². The molecule has 1 N–H and O–H groups in total. The number of thiophene rings is 1. The van der Waals surface area contributed by atoms with E-state index in [1.807, 2.05) is 18.3 Å². The van der Waals surface area contributed by atoms with Gasteiger partial charge in [-0.05, 0) is 43.2 Å². The zero-order valence-corrected chi connectivity index (χ0v) is 10.7. The second kappa shape index (κ2) is 4.14. The molecule has 16 heavy (non-hydrogen) atoms. The number of rotatable bonds is 2. The number of nitrogens with zero attached hydrogens (tertiary/aromatic N) is 2. The van der Waals surface area contributed by atoms with Crippen LogP contribution in [0.5, 0.6) is 0 Å². The Bertz CT molecular complexity index is 489. The van der Waals surface area contributed by atoms with Gasteiger partial charge in [0.15, 0.2) is 0 Å². The summed E-state index contributed by atoms with van der Waals surface area (Å²) in [7, 11) is 0. The summed E-state index contributed by atoms with van der Waals surface area (Å²) >= 11 is 3.32. The highest BCUT2D eigenvalue weighted by atomic mass is 32.1. The second-order valence-corrected chi connectivity index (χ2v) is 5.79. The average molecular weight is 251 g/mol. The van der Waals surface area contributed by atoms with Crippen LogP contribution in [-0.2, 0) is 6.42 Å². The molecule has 5 heteroatoms. The predicted octanol–water partition coefficient (Wildman–Crippen LogP) is 3.40. The number of nitrogens with one attached hydrogen (secondary N) is 1. The topological polar surface area (TPSA) is 37.8 Å². The van der Waals surface area contributed by atoms with E-state index in [-0.39, 0.29) is 0 Å². The average Bonchev–Trinajstić information content (AvgIpc) is 2.87. The van der Waals surface area contributed by atoms with Crippen molar-refractivity contribution in [3.8, 4) is 0 Å². The molecule has 3 rings (SSSR count). The van der Waals surface area contributed by atoms with Crippen molar-refractivity contribution in [1.29, 1.82) is 0 Å². The molecule has 1 aliphatic carbocycles. The van der Waals surface area contributed by atoms with E-state index in [1.54, 1.807) is 0 Å². The number of fused-ring (bicyclic) bond motifs is 1. The fraction of sp³-hybridized carbons (Fsp3) is 0.455. The van der Waals surface area contributed by atoms with E-state index in [9.17, 15) is 0 Å². The minimum absolute atomic E-state index is 0.433. The number of aromatic nitrogens is 2. The van der Waals surface area contributed by atoms with E-state index in [0.717, 1.165) is 11.0 Å². The Morgan fingerprint density at radius 2 is 2.44 bits per heavy atom. The summed E-state index contributed by atoms with van der Waals surface area (Å²) in [4.78, 5) is 5.89. The zero-order valence-electron chi connectivity index (χ0n) is 9.06. The SMILES string of the molecule is Cc1nsc(NC2CCCc3sccc32)n1. The van der Waals surface area contributed by atoms with Gasteiger partial charge in [-0.15, -0.1) is 11.3 Å². The Morgan fingerprint density at radius 3 is 3.25 bits per heavy atom. The van der Waals surface area contributed by atoms with Crippen LogP contribution in [0, 0.1) is 6.92 Å². The minimum Gasteiger partial charge on any atom is -0.353 e. The first kappa shape index (κ1) is 10.2. The highest BCUT2D eigenvalue weighted by Gasteiger charge is 2.21. The summed E-state index contributed by atoms with van der Waals surface area (Å²) in [6.07, 6.45) is 3.70. The molecule has 0 aromatic carbocycles. The monoisotopic (exact) mass is 251 g/mol. The maximum absolute atomic E-state index is 4.36. The molecule has 0 amide bonds. The largest absolute Gasteiger partial charge is 0.353 e. The van der Waals surface area contributed by atoms with E-state index >= 15 is 0 Å². The Morgan fingerprint density at radius 1 is 1.50 bits per heavy atom. The molecule has 1 atom stereocenters. The first-order chi connectivity index (χ1) is 7.83. The van der Waals surface area contributed by atoms with E-state index in [0.29, 0.717) is 6.04 Å². The molecule has 3 nitrogen and oxygen atoms in total. The van der Waals surface area contributed by atoms with Crippen molar-refractivity contribution in [3.63, 3.8) is 0 Å². The van der Waals surface area contributed by atoms with Gasteiger partial charge < -0.3 is 5.32 Å². The van der Waals surface area contributed by atoms with Crippen LogP contribution in [0.25, 0.3) is 0 Å². The van der Waals surface area contributed by atoms with E-state index in [1.165, 1.54) is 41.2 Å². The second-order valence-electron chi connectivity index (χ2n) is 4.04. The quantitative estimate of drug-likeness (QED) is 0.889. The minimum atomic E-state index is 0.433. The third-order valence-electron chi connectivity index (χ3n) is 2.88. The van der Waals surface area contributed by atoms with Crippen molar-refractivity contribution in [1.82, 2.24) is 9.36 Å². The van der Waals surface area contributed by atoms with Crippen molar-refractivity contribution in [2.24, 2.45) is 0 Å². The molecule has 1 aliphatic rings. The van der Waals surface area contributed by atoms with Crippen LogP contribution >= 0.6 is 22.9 Å². The van der Waals surface area contributed by atoms with E-state index in [4.69, 9.17) is 0 Å². The summed E-state index contributed by atoms with van der Waals surface area (Å²) in [5, 5.41) is 6.63. The lowest BCUT2D eigenvalue weighted by Crippen LogP contribution is -2.15. The fourth-order valence-corrected chi connectivity index (χ4v) is 3.76. The first-order valence-corrected chi connectivity index (χ1v) is 7.11. The maximum atomic E-state index is 4.36. The van der Waals surface area contributed by atoms with Gasteiger partial charge in [-0.2, -0.15) is 4.37 Å². The third kappa shape index (κ3) is 1.85. The lowest BCUT2D eigenvalue weighted by Gasteiger charge is -2.23. The van der Waals surface area contributed by atoms with Crippen LogP contribution in [-0.4, -0.2) is 9.36 Å². The molecule has 84 valence electrons. The van der Waals surface area contributed by atoms with Gasteiger partial charge in [0.05, 0.1) is 6.04 Å². The van der Waals surface area contributed by atoms with Crippen LogP contribution in [0.4, 0.5) is 5.13 Å². The molecule has 2 aromatic rings. The van der Waals surface area contributed by atoms with Crippen LogP contribution < -0.4 is 5.32 Å². The lowest BCUT2D eigenvalue weighted by molar-refractivity contribution is 0.608. The Hall–Kier alpha value is -0.940. The molecular weight excluding hydrogens is 238 g/mol. The van der Waals surface area contributed by atoms with Gasteiger partial charge >= 0.3 is 0 Å². The van der Waals surface area contributed by atoms with Crippen molar-refractivity contribution in [2.75, 3.05) is 5.32 Å². The normalized spacial score (nSPS) is 19.4. The summed E-state index contributed by atoms with van der Waals surface area (Å²) in [6, 6.07) is 2.67. The lowest BCUT2D eigenvalue weighted by atomic mass is 9.94. The number of hydrogen-bond acceptors (Lipinski definition) is 5. The molecule has 0 bridgehead atoms. The van der Waals surface area contributed by atoms with Gasteiger partial charge in [0.2, 0.25) is 5.13 Å². The Labute approximate surface area is 103 Å². The fourth-order valence-electron chi connectivity index (χ4n) is 2.14. The first-order valence-electron chi connectivity index (χ1n) is 5.46. The standard InChI is InChI=1S/C11H13N3S2/c1-7-12-11(16-14-7)13-9-3-2-4-10-8(9)5-6-15-10/h5-6,9H,2-4H2,1H3,(H,12,13,14). The summed E-state index contributed by atoms with van der Waals surface area (Å²) in [5.41, 5.74) is 1.46. The van der Waals surface area contributed by atoms with E-state index in [2.05, 4.69) is 26.1 Å². The predicted molar refractivity (Wildman–Crippen MR) is 68.3 cm³/mol. The van der Waals surface area contributed by atoms with Crippen molar-refractivity contribution in [2.45, 2.75) is 32.2 Å². The Balaban J connectivity index is 1.82. The molecule has 0 saturated carbocycles. The van der Waals surface area contributed by atoms with Gasteiger partial charge in [-0.3, -0.25) is 0 Å². The molecule has 1 unspecified atom stereocenters. The van der Waals surface area contributed by atoms with E-state index < -0.39 is 0 Å². The smallest absolute Gasteiger partial charge is 0.203 e. The number of aryl methyl sites for hydroxylation is 2. The number of hydrogen-bond donors (Lipinski definition) is 1. The van der Waals surface area contributed by atoms with Gasteiger partial charge in [0.1, 0.15) is 5.82 Å². The van der Waals surface area contributed by atoms with Crippen molar-refractivity contribution < 1.29 is 0 Å². The highest BCUT2D eigenvalue weighted by molar-refractivity contribution is 7.10. The van der Waals surface area contributed by atoms with Crippen LogP contribution in [0.1, 0.15) is 35.1 Å². The molecule has 2 aromatic heterocycles.